The number of anilines is 2. The zero-order valence-corrected chi connectivity index (χ0v) is 16.5. The summed E-state index contributed by atoms with van der Waals surface area (Å²) >= 11 is 0. The second-order valence-corrected chi connectivity index (χ2v) is 6.44. The molecule has 1 amide bonds. The zero-order chi connectivity index (χ0) is 21.5. The molecule has 0 saturated carbocycles. The highest BCUT2D eigenvalue weighted by molar-refractivity contribution is 5.96. The van der Waals surface area contributed by atoms with Gasteiger partial charge in [0.15, 0.2) is 11.5 Å². The van der Waals surface area contributed by atoms with Gasteiger partial charge in [0, 0.05) is 23.5 Å². The minimum absolute atomic E-state index is 0.0842. The molecule has 0 aromatic heterocycles. The Kier molecular flexibility index (Phi) is 6.49. The molecular formula is C22H21N3O5. The van der Waals surface area contributed by atoms with Gasteiger partial charge in [0.2, 0.25) is 5.91 Å². The fraction of sp³-hybridized carbons (Fsp3) is 0.136. The van der Waals surface area contributed by atoms with Gasteiger partial charge in [0.05, 0.1) is 12.0 Å². The number of ether oxygens (including phenoxy) is 2. The van der Waals surface area contributed by atoms with Crippen molar-refractivity contribution in [2.45, 2.75) is 13.0 Å². The third kappa shape index (κ3) is 5.26. The van der Waals surface area contributed by atoms with Gasteiger partial charge in [0.1, 0.15) is 11.8 Å². The Balaban J connectivity index is 1.60. The van der Waals surface area contributed by atoms with Gasteiger partial charge in [-0.1, -0.05) is 18.2 Å². The van der Waals surface area contributed by atoms with Crippen molar-refractivity contribution in [1.29, 1.82) is 0 Å². The maximum Gasteiger partial charge on any atom is 0.271 e. The number of methoxy groups -OCH3 is 1. The van der Waals surface area contributed by atoms with Crippen LogP contribution in [0, 0.1) is 10.1 Å². The largest absolute Gasteiger partial charge is 0.493 e. The molecule has 8 heteroatoms. The zero-order valence-electron chi connectivity index (χ0n) is 16.5. The first kappa shape index (κ1) is 20.7. The lowest BCUT2D eigenvalue weighted by Crippen LogP contribution is -2.31. The lowest BCUT2D eigenvalue weighted by Gasteiger charge is -2.16. The maximum atomic E-state index is 12.4. The fourth-order valence-electron chi connectivity index (χ4n) is 2.71. The van der Waals surface area contributed by atoms with Crippen molar-refractivity contribution >= 4 is 23.0 Å². The summed E-state index contributed by atoms with van der Waals surface area (Å²) in [6.45, 7) is 1.70. The van der Waals surface area contributed by atoms with Crippen LogP contribution < -0.4 is 20.1 Å². The van der Waals surface area contributed by atoms with Crippen LogP contribution in [0.4, 0.5) is 17.1 Å². The molecule has 0 heterocycles. The number of nitro benzene ring substituents is 1. The SMILES string of the molecule is COc1ccccc1Oc1ccc(NC(C)C(=O)Nc2cccc([N+](=O)[O-])c2)cc1. The Bertz CT molecular complexity index is 1040. The number of hydrogen-bond donors (Lipinski definition) is 2. The summed E-state index contributed by atoms with van der Waals surface area (Å²) in [7, 11) is 1.58. The highest BCUT2D eigenvalue weighted by Crippen LogP contribution is 2.31. The average molecular weight is 407 g/mol. The minimum Gasteiger partial charge on any atom is -0.493 e. The molecular weight excluding hydrogens is 386 g/mol. The number of para-hydroxylation sites is 2. The van der Waals surface area contributed by atoms with Crippen LogP contribution in [0.5, 0.6) is 17.2 Å². The van der Waals surface area contributed by atoms with E-state index in [1.807, 2.05) is 24.3 Å². The molecule has 0 fully saturated rings. The number of nitrogens with zero attached hydrogens (tertiary/aromatic N) is 1. The first-order chi connectivity index (χ1) is 14.5. The van der Waals surface area contributed by atoms with Crippen LogP contribution in [-0.2, 0) is 4.79 Å². The summed E-state index contributed by atoms with van der Waals surface area (Å²) in [5.74, 6) is 1.54. The normalized spacial score (nSPS) is 11.3. The summed E-state index contributed by atoms with van der Waals surface area (Å²) in [5, 5.41) is 16.6. The number of hydrogen-bond acceptors (Lipinski definition) is 6. The van der Waals surface area contributed by atoms with Crippen LogP contribution in [0.2, 0.25) is 0 Å². The molecule has 1 atom stereocenters. The second-order valence-electron chi connectivity index (χ2n) is 6.44. The molecule has 8 nitrogen and oxygen atoms in total. The molecule has 0 radical (unpaired) electrons. The number of amides is 1. The van der Waals surface area contributed by atoms with E-state index in [9.17, 15) is 14.9 Å². The Labute approximate surface area is 173 Å². The first-order valence-electron chi connectivity index (χ1n) is 9.19. The van der Waals surface area contributed by atoms with Gasteiger partial charge in [-0.15, -0.1) is 0 Å². The van der Waals surface area contributed by atoms with E-state index < -0.39 is 11.0 Å². The highest BCUT2D eigenvalue weighted by atomic mass is 16.6. The number of carbonyl (C=O) groups is 1. The van der Waals surface area contributed by atoms with Crippen molar-refractivity contribution in [3.63, 3.8) is 0 Å². The van der Waals surface area contributed by atoms with E-state index in [1.54, 1.807) is 44.4 Å². The van der Waals surface area contributed by atoms with Gasteiger partial charge < -0.3 is 20.1 Å². The van der Waals surface area contributed by atoms with Gasteiger partial charge in [-0.3, -0.25) is 14.9 Å². The predicted molar refractivity (Wildman–Crippen MR) is 114 cm³/mol. The Morgan fingerprint density at radius 3 is 2.33 bits per heavy atom. The van der Waals surface area contributed by atoms with Crippen LogP contribution in [0.25, 0.3) is 0 Å². The predicted octanol–water partition coefficient (Wildman–Crippen LogP) is 4.83. The Morgan fingerprint density at radius 1 is 0.967 bits per heavy atom. The number of non-ortho nitro benzene ring substituents is 1. The van der Waals surface area contributed by atoms with E-state index in [-0.39, 0.29) is 11.6 Å². The molecule has 2 N–H and O–H groups in total. The molecule has 154 valence electrons. The van der Waals surface area contributed by atoms with Crippen molar-refractivity contribution in [3.8, 4) is 17.2 Å². The number of carbonyl (C=O) groups excluding carboxylic acids is 1. The standard InChI is InChI=1S/C22H21N3O5/c1-15(22(26)24-17-6-5-7-18(14-17)25(27)28)23-16-10-12-19(13-11-16)30-21-9-4-3-8-20(21)29-2/h3-15,23H,1-2H3,(H,24,26). The van der Waals surface area contributed by atoms with Crippen molar-refractivity contribution in [2.75, 3.05) is 17.7 Å². The van der Waals surface area contributed by atoms with Gasteiger partial charge in [0.25, 0.3) is 5.69 Å². The van der Waals surface area contributed by atoms with Crippen molar-refractivity contribution in [3.05, 3.63) is 82.9 Å². The van der Waals surface area contributed by atoms with Crippen molar-refractivity contribution in [1.82, 2.24) is 0 Å². The highest BCUT2D eigenvalue weighted by Gasteiger charge is 2.14. The van der Waals surface area contributed by atoms with Gasteiger partial charge in [-0.25, -0.2) is 0 Å². The monoisotopic (exact) mass is 407 g/mol. The summed E-state index contributed by atoms with van der Waals surface area (Å²) in [6, 6.07) is 19.7. The molecule has 0 spiro atoms. The molecule has 3 aromatic carbocycles. The lowest BCUT2D eigenvalue weighted by molar-refractivity contribution is -0.384. The minimum atomic E-state index is -0.565. The summed E-state index contributed by atoms with van der Waals surface area (Å²) < 4.78 is 11.1. The van der Waals surface area contributed by atoms with Gasteiger partial charge >= 0.3 is 0 Å². The van der Waals surface area contributed by atoms with Crippen LogP contribution in [0.1, 0.15) is 6.92 Å². The van der Waals surface area contributed by atoms with E-state index in [0.717, 1.165) is 5.69 Å². The molecule has 1 unspecified atom stereocenters. The fourth-order valence-corrected chi connectivity index (χ4v) is 2.71. The van der Waals surface area contributed by atoms with Gasteiger partial charge in [-0.2, -0.15) is 0 Å². The third-order valence-corrected chi connectivity index (χ3v) is 4.25. The lowest BCUT2D eigenvalue weighted by atomic mass is 10.2. The third-order valence-electron chi connectivity index (χ3n) is 4.25. The molecule has 3 rings (SSSR count). The van der Waals surface area contributed by atoms with Gasteiger partial charge in [-0.05, 0) is 49.4 Å². The molecule has 0 aliphatic rings. The first-order valence-corrected chi connectivity index (χ1v) is 9.19. The number of rotatable bonds is 8. The summed E-state index contributed by atoms with van der Waals surface area (Å²) in [5.41, 5.74) is 1.01. The quantitative estimate of drug-likeness (QED) is 0.409. The topological polar surface area (TPSA) is 103 Å². The molecule has 0 saturated heterocycles. The van der Waals surface area contributed by atoms with E-state index in [4.69, 9.17) is 9.47 Å². The number of nitro groups is 1. The second kappa shape index (κ2) is 9.42. The number of nitrogens with one attached hydrogen (secondary N) is 2. The van der Waals surface area contributed by atoms with Crippen LogP contribution in [-0.4, -0.2) is 24.0 Å². The van der Waals surface area contributed by atoms with Crippen LogP contribution >= 0.6 is 0 Å². The molecule has 0 bridgehead atoms. The molecule has 30 heavy (non-hydrogen) atoms. The smallest absolute Gasteiger partial charge is 0.271 e. The molecule has 0 aliphatic heterocycles. The van der Waals surface area contributed by atoms with E-state index in [0.29, 0.717) is 22.9 Å². The summed E-state index contributed by atoms with van der Waals surface area (Å²) in [6.07, 6.45) is 0. The Hall–Kier alpha value is -4.07. The van der Waals surface area contributed by atoms with Crippen molar-refractivity contribution in [2.24, 2.45) is 0 Å². The van der Waals surface area contributed by atoms with E-state index in [1.165, 1.54) is 18.2 Å². The molecule has 3 aromatic rings. The molecule has 0 aliphatic carbocycles. The Morgan fingerprint density at radius 2 is 1.67 bits per heavy atom. The van der Waals surface area contributed by atoms with Crippen molar-refractivity contribution < 1.29 is 19.2 Å². The maximum absolute atomic E-state index is 12.4. The summed E-state index contributed by atoms with van der Waals surface area (Å²) in [4.78, 5) is 22.7. The van der Waals surface area contributed by atoms with Crippen LogP contribution in [0.15, 0.2) is 72.8 Å². The van der Waals surface area contributed by atoms with E-state index in [2.05, 4.69) is 10.6 Å². The van der Waals surface area contributed by atoms with Crippen LogP contribution in [0.3, 0.4) is 0 Å². The number of benzene rings is 3. The van der Waals surface area contributed by atoms with E-state index >= 15 is 0 Å². The average Bonchev–Trinajstić information content (AvgIpc) is 2.75.